The van der Waals surface area contributed by atoms with Crippen LogP contribution in [0.5, 0.6) is 5.75 Å². The summed E-state index contributed by atoms with van der Waals surface area (Å²) in [5, 5.41) is 15.6. The average Bonchev–Trinajstić information content (AvgIpc) is 3.00. The van der Waals surface area contributed by atoms with E-state index in [1.54, 1.807) is 12.1 Å². The second-order valence-electron chi connectivity index (χ2n) is 8.23. The second kappa shape index (κ2) is 9.88. The highest BCUT2D eigenvalue weighted by Gasteiger charge is 2.33. The van der Waals surface area contributed by atoms with Crippen LogP contribution in [0, 0.1) is 0 Å². The number of benzene rings is 2. The van der Waals surface area contributed by atoms with Gasteiger partial charge in [0.2, 0.25) is 0 Å². The molecule has 1 amide bonds. The van der Waals surface area contributed by atoms with Gasteiger partial charge in [-0.05, 0) is 42.2 Å². The molecule has 6 rings (SSSR count). The summed E-state index contributed by atoms with van der Waals surface area (Å²) >= 11 is 0. The van der Waals surface area contributed by atoms with Crippen molar-refractivity contribution in [3.63, 3.8) is 0 Å². The normalized spacial score (nSPS) is 20.1. The Labute approximate surface area is 195 Å². The lowest BCUT2D eigenvalue weighted by Crippen LogP contribution is -2.43. The van der Waals surface area contributed by atoms with Crippen molar-refractivity contribution in [2.45, 2.75) is 18.9 Å². The van der Waals surface area contributed by atoms with Gasteiger partial charge < -0.3 is 24.7 Å². The molecule has 0 unspecified atom stereocenters. The lowest BCUT2D eigenvalue weighted by atomic mass is 10.1. The molecule has 0 atom stereocenters. The first kappa shape index (κ1) is 23.2. The number of rotatable bonds is 3. The third-order valence-electron chi connectivity index (χ3n) is 6.16. The van der Waals surface area contributed by atoms with Crippen molar-refractivity contribution >= 4 is 23.8 Å². The molecule has 9 nitrogen and oxygen atoms in total. The van der Waals surface area contributed by atoms with E-state index in [0.717, 1.165) is 43.6 Å². The standard InChI is InChI=1S/C21H20N2O3.C4H4O4/c24-20-18-4-2-1-3-16(18)17-6-5-15(13-19(17)20)26-21(25)23-12-11-22-9-7-14(23)8-10-22;5-3(6)1-2-4(7)8/h1-6,13-14H,7-12H2;1-2H,(H,5,6)(H,7,8)/b;2-1+. The Hall–Kier alpha value is -3.98. The minimum atomic E-state index is -1.26. The predicted octanol–water partition coefficient (Wildman–Crippen LogP) is 2.89. The molecule has 3 saturated heterocycles. The van der Waals surface area contributed by atoms with E-state index in [0.29, 0.717) is 35.6 Å². The van der Waals surface area contributed by atoms with Gasteiger partial charge in [0.05, 0.1) is 0 Å². The van der Waals surface area contributed by atoms with E-state index in [-0.39, 0.29) is 17.9 Å². The number of carboxylic acids is 2. The van der Waals surface area contributed by atoms with Gasteiger partial charge in [-0.2, -0.15) is 0 Å². The Balaban J connectivity index is 0.000000297. The molecule has 0 aromatic heterocycles. The van der Waals surface area contributed by atoms with Gasteiger partial charge in [0, 0.05) is 55.5 Å². The molecule has 3 aliphatic heterocycles. The van der Waals surface area contributed by atoms with Gasteiger partial charge in [-0.15, -0.1) is 0 Å². The highest BCUT2D eigenvalue weighted by Crippen LogP contribution is 2.38. The Morgan fingerprint density at radius 2 is 1.44 bits per heavy atom. The van der Waals surface area contributed by atoms with Crippen LogP contribution in [0.3, 0.4) is 0 Å². The van der Waals surface area contributed by atoms with Crippen molar-refractivity contribution in [1.82, 2.24) is 9.80 Å². The summed E-state index contributed by atoms with van der Waals surface area (Å²) in [5.74, 6) is -2.08. The number of carbonyl (C=O) groups excluding carboxylic acids is 2. The highest BCUT2D eigenvalue weighted by atomic mass is 16.6. The van der Waals surface area contributed by atoms with E-state index in [9.17, 15) is 19.2 Å². The van der Waals surface area contributed by atoms with E-state index in [1.165, 1.54) is 0 Å². The summed E-state index contributed by atoms with van der Waals surface area (Å²) in [6.45, 7) is 3.72. The number of amides is 1. The molecule has 3 fully saturated rings. The van der Waals surface area contributed by atoms with Crippen molar-refractivity contribution in [3.8, 4) is 16.9 Å². The van der Waals surface area contributed by atoms with Crippen LogP contribution in [0.1, 0.15) is 28.8 Å². The molecule has 2 aromatic rings. The molecule has 0 radical (unpaired) electrons. The Kier molecular flexibility index (Phi) is 6.74. The molecular weight excluding hydrogens is 440 g/mol. The molecule has 176 valence electrons. The SMILES string of the molecule is O=C(O)/C=C/C(=O)O.O=C1c2ccccc2-c2ccc(OC(=O)N3CCN4CCC3CC4)cc21. The summed E-state index contributed by atoms with van der Waals surface area (Å²) in [4.78, 5) is 48.7. The van der Waals surface area contributed by atoms with Crippen molar-refractivity contribution in [2.75, 3.05) is 26.2 Å². The summed E-state index contributed by atoms with van der Waals surface area (Å²) in [7, 11) is 0. The van der Waals surface area contributed by atoms with Crippen molar-refractivity contribution in [1.29, 1.82) is 0 Å². The van der Waals surface area contributed by atoms with Crippen LogP contribution in [0.4, 0.5) is 4.79 Å². The number of ether oxygens (including phenoxy) is 1. The number of nitrogens with zero attached hydrogens (tertiary/aromatic N) is 2. The smallest absolute Gasteiger partial charge is 0.415 e. The number of piperidine rings is 1. The second-order valence-corrected chi connectivity index (χ2v) is 8.23. The number of ketones is 1. The topological polar surface area (TPSA) is 124 Å². The van der Waals surface area contributed by atoms with E-state index in [2.05, 4.69) is 4.90 Å². The summed E-state index contributed by atoms with van der Waals surface area (Å²) in [5.41, 5.74) is 3.18. The zero-order chi connectivity index (χ0) is 24.2. The lowest BCUT2D eigenvalue weighted by Gasteiger charge is -2.30. The fourth-order valence-corrected chi connectivity index (χ4v) is 4.50. The molecule has 1 aliphatic carbocycles. The molecule has 0 saturated carbocycles. The fraction of sp³-hybridized carbons (Fsp3) is 0.280. The number of carboxylic acid groups (broad SMARTS) is 2. The third kappa shape index (κ3) is 4.99. The van der Waals surface area contributed by atoms with Gasteiger partial charge in [-0.3, -0.25) is 4.79 Å². The molecule has 2 bridgehead atoms. The average molecular weight is 464 g/mol. The van der Waals surface area contributed by atoms with E-state index in [1.807, 2.05) is 35.2 Å². The maximum atomic E-state index is 12.7. The molecule has 34 heavy (non-hydrogen) atoms. The number of hydrogen-bond donors (Lipinski definition) is 2. The zero-order valence-corrected chi connectivity index (χ0v) is 18.3. The number of aliphatic carboxylic acids is 2. The largest absolute Gasteiger partial charge is 0.478 e. The number of fused-ring (bicyclic) bond motifs is 7. The van der Waals surface area contributed by atoms with E-state index >= 15 is 0 Å². The van der Waals surface area contributed by atoms with Crippen LogP contribution in [0.15, 0.2) is 54.6 Å². The molecular formula is C25H24N2O7. The first-order valence-electron chi connectivity index (χ1n) is 11.0. The van der Waals surface area contributed by atoms with Crippen molar-refractivity contribution < 1.29 is 34.1 Å². The van der Waals surface area contributed by atoms with Crippen LogP contribution in [0.25, 0.3) is 11.1 Å². The zero-order valence-electron chi connectivity index (χ0n) is 18.3. The summed E-state index contributed by atoms with van der Waals surface area (Å²) < 4.78 is 5.65. The first-order chi connectivity index (χ1) is 16.3. The van der Waals surface area contributed by atoms with Crippen molar-refractivity contribution in [2.24, 2.45) is 0 Å². The number of carbonyl (C=O) groups is 4. The minimum absolute atomic E-state index is 0.00490. The molecule has 2 aromatic carbocycles. The van der Waals surface area contributed by atoms with Gasteiger partial charge in [-0.1, -0.05) is 24.3 Å². The Morgan fingerprint density at radius 1 is 0.824 bits per heavy atom. The third-order valence-corrected chi connectivity index (χ3v) is 6.16. The number of hydrogen-bond acceptors (Lipinski definition) is 6. The molecule has 3 heterocycles. The van der Waals surface area contributed by atoms with Crippen LogP contribution < -0.4 is 4.74 Å². The summed E-state index contributed by atoms with van der Waals surface area (Å²) in [6.07, 6.45) is 2.83. The van der Waals surface area contributed by atoms with Gasteiger partial charge >= 0.3 is 18.0 Å². The highest BCUT2D eigenvalue weighted by molar-refractivity contribution is 6.21. The monoisotopic (exact) mass is 464 g/mol. The van der Waals surface area contributed by atoms with Gasteiger partial charge in [0.15, 0.2) is 5.78 Å². The molecule has 2 N–H and O–H groups in total. The first-order valence-corrected chi connectivity index (χ1v) is 11.0. The maximum absolute atomic E-state index is 12.7. The fourth-order valence-electron chi connectivity index (χ4n) is 4.50. The minimum Gasteiger partial charge on any atom is -0.478 e. The van der Waals surface area contributed by atoms with Gasteiger partial charge in [-0.25, -0.2) is 14.4 Å². The maximum Gasteiger partial charge on any atom is 0.415 e. The molecule has 0 spiro atoms. The Bertz CT molecular complexity index is 1150. The van der Waals surface area contributed by atoms with Gasteiger partial charge in [0.1, 0.15) is 5.75 Å². The van der Waals surface area contributed by atoms with Crippen LogP contribution in [-0.2, 0) is 9.59 Å². The van der Waals surface area contributed by atoms with Crippen LogP contribution in [0.2, 0.25) is 0 Å². The predicted molar refractivity (Wildman–Crippen MR) is 122 cm³/mol. The van der Waals surface area contributed by atoms with Crippen LogP contribution in [-0.4, -0.2) is 76.0 Å². The summed E-state index contributed by atoms with van der Waals surface area (Å²) in [6, 6.07) is 13.2. The van der Waals surface area contributed by atoms with Crippen LogP contribution >= 0.6 is 0 Å². The van der Waals surface area contributed by atoms with Crippen molar-refractivity contribution in [3.05, 3.63) is 65.7 Å². The quantitative estimate of drug-likeness (QED) is 0.567. The van der Waals surface area contributed by atoms with E-state index < -0.39 is 11.9 Å². The van der Waals surface area contributed by atoms with Gasteiger partial charge in [0.25, 0.3) is 0 Å². The molecule has 9 heteroatoms. The van der Waals surface area contributed by atoms with E-state index in [4.69, 9.17) is 14.9 Å². The Morgan fingerprint density at radius 3 is 2.09 bits per heavy atom. The lowest BCUT2D eigenvalue weighted by molar-refractivity contribution is -0.134. The molecule has 4 aliphatic rings.